The van der Waals surface area contributed by atoms with Crippen molar-refractivity contribution in [1.29, 1.82) is 0 Å². The molecule has 0 aromatic rings. The number of hydrogen-bond donors (Lipinski definition) is 2. The Morgan fingerprint density at radius 1 is 0.679 bits per heavy atom. The van der Waals surface area contributed by atoms with Gasteiger partial charge in [0.1, 0.15) is 12.2 Å². The van der Waals surface area contributed by atoms with Crippen molar-refractivity contribution >= 4 is 0 Å². The Kier molecular flexibility index (Phi) is 10.6. The lowest BCUT2D eigenvalue weighted by molar-refractivity contribution is -0.158. The van der Waals surface area contributed by atoms with Crippen LogP contribution in [0, 0.1) is 10.8 Å². The van der Waals surface area contributed by atoms with E-state index in [0.29, 0.717) is 26.4 Å². The fraction of sp³-hybridized carbons (Fsp3) is 1.00. The molecule has 166 valence electrons. The van der Waals surface area contributed by atoms with Crippen molar-refractivity contribution in [3.8, 4) is 0 Å². The summed E-state index contributed by atoms with van der Waals surface area (Å²) >= 11 is 0. The summed E-state index contributed by atoms with van der Waals surface area (Å²) in [5.41, 5.74) is 0.253. The Labute approximate surface area is 168 Å². The van der Waals surface area contributed by atoms with Gasteiger partial charge in [0.05, 0.1) is 79.3 Å². The first-order chi connectivity index (χ1) is 13.5. The van der Waals surface area contributed by atoms with Crippen molar-refractivity contribution in [2.24, 2.45) is 10.8 Å². The zero-order valence-corrected chi connectivity index (χ0v) is 17.4. The minimum Gasteiger partial charge on any atom is -0.388 e. The predicted octanol–water partition coefficient (Wildman–Crippen LogP) is 0.628. The molecule has 0 aliphatic carbocycles. The molecule has 2 atom stereocenters. The van der Waals surface area contributed by atoms with Crippen LogP contribution in [0.5, 0.6) is 0 Å². The van der Waals surface area contributed by atoms with Gasteiger partial charge in [-0.1, -0.05) is 13.8 Å². The number of aliphatic hydroxyl groups excluding tert-OH is 2. The molecule has 2 rings (SSSR count). The highest BCUT2D eigenvalue weighted by atomic mass is 16.5. The molecule has 0 amide bonds. The molecule has 2 fully saturated rings. The van der Waals surface area contributed by atoms with E-state index in [0.717, 1.165) is 39.3 Å². The minimum atomic E-state index is -0.657. The van der Waals surface area contributed by atoms with E-state index in [-0.39, 0.29) is 37.3 Å². The van der Waals surface area contributed by atoms with Crippen LogP contribution < -0.4 is 0 Å². The highest BCUT2D eigenvalue weighted by Gasteiger charge is 2.37. The van der Waals surface area contributed by atoms with Gasteiger partial charge < -0.3 is 38.6 Å². The minimum absolute atomic E-state index is 0.127. The molecule has 2 unspecified atom stereocenters. The Bertz CT molecular complexity index is 362. The Hall–Kier alpha value is -0.320. The molecule has 0 radical (unpaired) electrons. The maximum Gasteiger partial charge on any atom is 0.101 e. The van der Waals surface area contributed by atoms with Crippen LogP contribution in [0.4, 0.5) is 0 Å². The number of hydrogen-bond acceptors (Lipinski definition) is 8. The number of rotatable bonds is 17. The smallest absolute Gasteiger partial charge is 0.101 e. The van der Waals surface area contributed by atoms with E-state index in [2.05, 4.69) is 13.8 Å². The van der Waals surface area contributed by atoms with Crippen molar-refractivity contribution in [2.75, 3.05) is 79.3 Å². The van der Waals surface area contributed by atoms with E-state index >= 15 is 0 Å². The Morgan fingerprint density at radius 3 is 1.32 bits per heavy atom. The molecular weight excluding hydrogens is 368 g/mol. The summed E-state index contributed by atoms with van der Waals surface area (Å²) in [6.45, 7) is 10.0. The van der Waals surface area contributed by atoms with Crippen molar-refractivity contribution in [2.45, 2.75) is 38.9 Å². The maximum absolute atomic E-state index is 9.87. The van der Waals surface area contributed by atoms with Crippen LogP contribution in [0.15, 0.2) is 0 Å². The van der Waals surface area contributed by atoms with Crippen molar-refractivity contribution in [3.05, 3.63) is 0 Å². The number of aliphatic hydroxyl groups is 2. The molecule has 2 saturated heterocycles. The normalized spacial score (nSPS) is 22.3. The molecule has 8 nitrogen and oxygen atoms in total. The lowest BCUT2D eigenvalue weighted by Crippen LogP contribution is -2.46. The van der Waals surface area contributed by atoms with E-state index in [1.54, 1.807) is 0 Å². The highest BCUT2D eigenvalue weighted by Crippen LogP contribution is 2.32. The predicted molar refractivity (Wildman–Crippen MR) is 102 cm³/mol. The van der Waals surface area contributed by atoms with Crippen molar-refractivity contribution in [3.63, 3.8) is 0 Å². The van der Waals surface area contributed by atoms with E-state index in [1.807, 2.05) is 0 Å². The SMILES string of the molecule is CCC1(COCC(O)COCCOCC(O)COCC2(CC)COC2)COC1. The molecular formula is C20H38O8. The van der Waals surface area contributed by atoms with E-state index in [9.17, 15) is 10.2 Å². The Balaban J connectivity index is 1.37. The fourth-order valence-electron chi connectivity index (χ4n) is 3.04. The monoisotopic (exact) mass is 406 g/mol. The molecule has 0 bridgehead atoms. The van der Waals surface area contributed by atoms with Crippen LogP contribution in [0.3, 0.4) is 0 Å². The van der Waals surface area contributed by atoms with Crippen LogP contribution in [0.25, 0.3) is 0 Å². The zero-order valence-electron chi connectivity index (χ0n) is 17.4. The van der Waals surface area contributed by atoms with Crippen LogP contribution in [-0.4, -0.2) is 102 Å². The molecule has 0 aromatic heterocycles. The van der Waals surface area contributed by atoms with Gasteiger partial charge in [-0.3, -0.25) is 0 Å². The largest absolute Gasteiger partial charge is 0.388 e. The summed E-state index contributed by atoms with van der Waals surface area (Å²) in [5.74, 6) is 0. The summed E-state index contributed by atoms with van der Waals surface area (Å²) in [7, 11) is 0. The van der Waals surface area contributed by atoms with E-state index < -0.39 is 12.2 Å². The van der Waals surface area contributed by atoms with Gasteiger partial charge in [-0.2, -0.15) is 0 Å². The number of ether oxygens (including phenoxy) is 6. The van der Waals surface area contributed by atoms with Crippen LogP contribution >= 0.6 is 0 Å². The third kappa shape index (κ3) is 7.84. The van der Waals surface area contributed by atoms with Gasteiger partial charge in [-0.25, -0.2) is 0 Å². The third-order valence-corrected chi connectivity index (χ3v) is 5.56. The average molecular weight is 407 g/mol. The fourth-order valence-corrected chi connectivity index (χ4v) is 3.04. The van der Waals surface area contributed by atoms with E-state index in [4.69, 9.17) is 28.4 Å². The summed E-state index contributed by atoms with van der Waals surface area (Å²) < 4.78 is 32.4. The maximum atomic E-state index is 9.87. The first kappa shape index (κ1) is 24.0. The zero-order chi connectivity index (χ0) is 20.3. The van der Waals surface area contributed by atoms with Gasteiger partial charge >= 0.3 is 0 Å². The summed E-state index contributed by atoms with van der Waals surface area (Å²) in [4.78, 5) is 0. The molecule has 2 N–H and O–H groups in total. The van der Waals surface area contributed by atoms with Crippen molar-refractivity contribution < 1.29 is 38.6 Å². The first-order valence-electron chi connectivity index (χ1n) is 10.4. The summed E-state index contributed by atoms with van der Waals surface area (Å²) in [6.07, 6.45) is 0.717. The second kappa shape index (κ2) is 12.4. The van der Waals surface area contributed by atoms with E-state index in [1.165, 1.54) is 0 Å². The molecule has 0 saturated carbocycles. The topological polar surface area (TPSA) is 95.8 Å². The molecule has 2 aliphatic rings. The summed E-state index contributed by atoms with van der Waals surface area (Å²) in [6, 6.07) is 0. The van der Waals surface area contributed by atoms with Crippen molar-refractivity contribution in [1.82, 2.24) is 0 Å². The highest BCUT2D eigenvalue weighted by molar-refractivity contribution is 4.84. The first-order valence-corrected chi connectivity index (χ1v) is 10.4. The van der Waals surface area contributed by atoms with Crippen LogP contribution in [0.1, 0.15) is 26.7 Å². The van der Waals surface area contributed by atoms with Gasteiger partial charge in [-0.05, 0) is 12.8 Å². The molecule has 0 spiro atoms. The van der Waals surface area contributed by atoms with Gasteiger partial charge in [0.2, 0.25) is 0 Å². The summed E-state index contributed by atoms with van der Waals surface area (Å²) in [5, 5.41) is 19.7. The second-order valence-electron chi connectivity index (χ2n) is 8.18. The third-order valence-electron chi connectivity index (χ3n) is 5.56. The molecule has 0 aromatic carbocycles. The van der Waals surface area contributed by atoms with Crippen LogP contribution in [-0.2, 0) is 28.4 Å². The van der Waals surface area contributed by atoms with Gasteiger partial charge in [0, 0.05) is 10.8 Å². The second-order valence-corrected chi connectivity index (χ2v) is 8.18. The average Bonchev–Trinajstić information content (AvgIpc) is 2.62. The molecule has 8 heteroatoms. The quantitative estimate of drug-likeness (QED) is 0.340. The Morgan fingerprint density at radius 2 is 1.04 bits per heavy atom. The standard InChI is InChI=1S/C20H38O8/c1-3-19(13-27-14-19)11-25-9-17(21)7-23-5-6-24-8-18(22)10-26-12-20(4-2)15-28-16-20/h17-18,21-22H,3-16H2,1-2H3. The molecule has 2 aliphatic heterocycles. The van der Waals surface area contributed by atoms with Crippen LogP contribution in [0.2, 0.25) is 0 Å². The molecule has 2 heterocycles. The van der Waals surface area contributed by atoms with Gasteiger partial charge in [-0.15, -0.1) is 0 Å². The molecule has 28 heavy (non-hydrogen) atoms. The van der Waals surface area contributed by atoms with Gasteiger partial charge in [0.15, 0.2) is 0 Å². The lowest BCUT2D eigenvalue weighted by atomic mass is 9.84. The van der Waals surface area contributed by atoms with Gasteiger partial charge in [0.25, 0.3) is 0 Å². The lowest BCUT2D eigenvalue weighted by Gasteiger charge is -2.40.